The van der Waals surface area contributed by atoms with Gasteiger partial charge in [-0.3, -0.25) is 0 Å². The summed E-state index contributed by atoms with van der Waals surface area (Å²) in [5.74, 6) is 1.00. The fourth-order valence-corrected chi connectivity index (χ4v) is 1.30. The molecule has 1 aromatic heterocycles. The molecule has 1 aromatic carbocycles. The summed E-state index contributed by atoms with van der Waals surface area (Å²) in [4.78, 5) is 4.52. The number of hydrogen-bond acceptors (Lipinski definition) is 4. The van der Waals surface area contributed by atoms with Gasteiger partial charge in [0.2, 0.25) is 11.7 Å². The minimum atomic E-state index is 0.342. The maximum absolute atomic E-state index is 5.38. The molecular formula is C10H9N3OS. The normalized spacial score (nSPS) is 10.1. The smallest absolute Gasteiger partial charge is 0.233 e. The number of nitrogens with two attached hydrogens (primary N) is 1. The van der Waals surface area contributed by atoms with Crippen molar-refractivity contribution in [2.75, 3.05) is 0 Å². The van der Waals surface area contributed by atoms with Crippen LogP contribution >= 0.6 is 12.2 Å². The van der Waals surface area contributed by atoms with E-state index >= 15 is 0 Å². The highest BCUT2D eigenvalue weighted by Gasteiger charge is 2.08. The monoisotopic (exact) mass is 219 g/mol. The van der Waals surface area contributed by atoms with Gasteiger partial charge in [-0.1, -0.05) is 47.7 Å². The van der Waals surface area contributed by atoms with Gasteiger partial charge in [0.05, 0.1) is 11.4 Å². The minimum Gasteiger partial charge on any atom is -0.393 e. The van der Waals surface area contributed by atoms with Gasteiger partial charge in [0.15, 0.2) is 0 Å². The number of nitrogens with zero attached hydrogens (tertiary/aromatic N) is 2. The lowest BCUT2D eigenvalue weighted by Crippen LogP contribution is -2.11. The van der Waals surface area contributed by atoms with Crippen molar-refractivity contribution in [3.8, 4) is 11.4 Å². The second kappa shape index (κ2) is 4.18. The van der Waals surface area contributed by atoms with E-state index in [0.29, 0.717) is 23.1 Å². The predicted octanol–water partition coefficient (Wildman–Crippen LogP) is 1.57. The van der Waals surface area contributed by atoms with Crippen molar-refractivity contribution >= 4 is 17.2 Å². The molecule has 0 atom stereocenters. The van der Waals surface area contributed by atoms with Gasteiger partial charge in [-0.25, -0.2) is 0 Å². The third kappa shape index (κ3) is 2.38. The summed E-state index contributed by atoms with van der Waals surface area (Å²) < 4.78 is 5.00. The van der Waals surface area contributed by atoms with Crippen molar-refractivity contribution in [2.24, 2.45) is 5.73 Å². The molecule has 0 radical (unpaired) electrons. The van der Waals surface area contributed by atoms with Gasteiger partial charge in [0.25, 0.3) is 0 Å². The Kier molecular flexibility index (Phi) is 2.73. The molecule has 15 heavy (non-hydrogen) atoms. The van der Waals surface area contributed by atoms with Crippen LogP contribution in [0.3, 0.4) is 0 Å². The van der Waals surface area contributed by atoms with Crippen LogP contribution in [0.25, 0.3) is 11.4 Å². The van der Waals surface area contributed by atoms with Crippen LogP contribution in [0.5, 0.6) is 0 Å². The third-order valence-electron chi connectivity index (χ3n) is 1.83. The SMILES string of the molecule is NC(=S)Cc1nc(-c2ccccc2)no1. The van der Waals surface area contributed by atoms with Crippen LogP contribution in [-0.4, -0.2) is 15.1 Å². The van der Waals surface area contributed by atoms with Gasteiger partial charge in [-0.15, -0.1) is 0 Å². The summed E-state index contributed by atoms with van der Waals surface area (Å²) >= 11 is 4.75. The number of thiocarbonyl (C=S) groups is 1. The molecule has 76 valence electrons. The van der Waals surface area contributed by atoms with Crippen LogP contribution in [0.2, 0.25) is 0 Å². The lowest BCUT2D eigenvalue weighted by molar-refractivity contribution is 0.389. The van der Waals surface area contributed by atoms with Crippen molar-refractivity contribution in [1.29, 1.82) is 0 Å². The van der Waals surface area contributed by atoms with Gasteiger partial charge in [-0.2, -0.15) is 4.98 Å². The molecule has 5 heteroatoms. The zero-order valence-electron chi connectivity index (χ0n) is 7.88. The maximum atomic E-state index is 5.38. The summed E-state index contributed by atoms with van der Waals surface area (Å²) in [6.07, 6.45) is 0.342. The Labute approximate surface area is 92.1 Å². The number of rotatable bonds is 3. The van der Waals surface area contributed by atoms with Crippen LogP contribution in [0.15, 0.2) is 34.9 Å². The van der Waals surface area contributed by atoms with Gasteiger partial charge in [-0.05, 0) is 0 Å². The van der Waals surface area contributed by atoms with E-state index in [-0.39, 0.29) is 0 Å². The molecule has 1 heterocycles. The topological polar surface area (TPSA) is 64.9 Å². The lowest BCUT2D eigenvalue weighted by atomic mass is 10.2. The Morgan fingerprint density at radius 3 is 2.73 bits per heavy atom. The van der Waals surface area contributed by atoms with Gasteiger partial charge in [0.1, 0.15) is 0 Å². The molecule has 0 amide bonds. The Balaban J connectivity index is 2.24. The summed E-state index contributed by atoms with van der Waals surface area (Å²) in [6, 6.07) is 9.59. The van der Waals surface area contributed by atoms with E-state index in [4.69, 9.17) is 22.5 Å². The second-order valence-electron chi connectivity index (χ2n) is 3.02. The highest BCUT2D eigenvalue weighted by molar-refractivity contribution is 7.80. The maximum Gasteiger partial charge on any atom is 0.233 e. The summed E-state index contributed by atoms with van der Waals surface area (Å²) in [5.41, 5.74) is 6.29. The highest BCUT2D eigenvalue weighted by Crippen LogP contribution is 2.14. The molecule has 0 unspecified atom stereocenters. The summed E-state index contributed by atoms with van der Waals surface area (Å²) in [7, 11) is 0. The Morgan fingerprint density at radius 2 is 2.07 bits per heavy atom. The molecule has 0 saturated heterocycles. The highest BCUT2D eigenvalue weighted by atomic mass is 32.1. The van der Waals surface area contributed by atoms with E-state index in [9.17, 15) is 0 Å². The number of aromatic nitrogens is 2. The molecule has 0 saturated carbocycles. The van der Waals surface area contributed by atoms with E-state index in [2.05, 4.69) is 10.1 Å². The Bertz CT molecular complexity index is 467. The first-order chi connectivity index (χ1) is 7.25. The Hall–Kier alpha value is -1.75. The molecule has 0 aliphatic rings. The van der Waals surface area contributed by atoms with Crippen LogP contribution < -0.4 is 5.73 Å². The quantitative estimate of drug-likeness (QED) is 0.794. The summed E-state index contributed by atoms with van der Waals surface area (Å²) in [6.45, 7) is 0. The van der Waals surface area contributed by atoms with E-state index in [1.54, 1.807) is 0 Å². The van der Waals surface area contributed by atoms with E-state index in [0.717, 1.165) is 5.56 Å². The first-order valence-corrected chi connectivity index (χ1v) is 4.83. The first-order valence-electron chi connectivity index (χ1n) is 4.42. The van der Waals surface area contributed by atoms with Crippen molar-refractivity contribution in [2.45, 2.75) is 6.42 Å². The average molecular weight is 219 g/mol. The Morgan fingerprint density at radius 1 is 1.33 bits per heavy atom. The lowest BCUT2D eigenvalue weighted by Gasteiger charge is -1.90. The largest absolute Gasteiger partial charge is 0.393 e. The van der Waals surface area contributed by atoms with Crippen LogP contribution in [-0.2, 0) is 6.42 Å². The summed E-state index contributed by atoms with van der Waals surface area (Å²) in [5, 5.41) is 3.84. The van der Waals surface area contributed by atoms with Crippen LogP contribution in [0, 0.1) is 0 Å². The standard InChI is InChI=1S/C10H9N3OS/c11-8(15)6-9-12-10(13-14-9)7-4-2-1-3-5-7/h1-5H,6H2,(H2,11,15). The number of hydrogen-bond donors (Lipinski definition) is 1. The molecule has 0 spiro atoms. The molecule has 0 fully saturated rings. The number of benzene rings is 1. The van der Waals surface area contributed by atoms with Crippen molar-refractivity contribution in [1.82, 2.24) is 10.1 Å². The van der Waals surface area contributed by atoms with E-state index in [1.807, 2.05) is 30.3 Å². The van der Waals surface area contributed by atoms with Crippen molar-refractivity contribution < 1.29 is 4.52 Å². The molecule has 2 rings (SSSR count). The van der Waals surface area contributed by atoms with E-state index in [1.165, 1.54) is 0 Å². The van der Waals surface area contributed by atoms with Gasteiger partial charge in [0, 0.05) is 5.56 Å². The molecule has 0 bridgehead atoms. The third-order valence-corrected chi connectivity index (χ3v) is 1.97. The average Bonchev–Trinajstić information content (AvgIpc) is 2.67. The van der Waals surface area contributed by atoms with Crippen LogP contribution in [0.1, 0.15) is 5.89 Å². The van der Waals surface area contributed by atoms with Crippen molar-refractivity contribution in [3.63, 3.8) is 0 Å². The molecule has 0 aliphatic carbocycles. The van der Waals surface area contributed by atoms with Crippen molar-refractivity contribution in [3.05, 3.63) is 36.2 Å². The molecular weight excluding hydrogens is 210 g/mol. The zero-order chi connectivity index (χ0) is 10.7. The predicted molar refractivity (Wildman–Crippen MR) is 60.2 cm³/mol. The van der Waals surface area contributed by atoms with E-state index < -0.39 is 0 Å². The fraction of sp³-hybridized carbons (Fsp3) is 0.100. The van der Waals surface area contributed by atoms with Crippen LogP contribution in [0.4, 0.5) is 0 Å². The second-order valence-corrected chi connectivity index (χ2v) is 3.55. The molecule has 0 aliphatic heterocycles. The fourth-order valence-electron chi connectivity index (χ4n) is 1.18. The molecule has 4 nitrogen and oxygen atoms in total. The van der Waals surface area contributed by atoms with Gasteiger partial charge < -0.3 is 10.3 Å². The zero-order valence-corrected chi connectivity index (χ0v) is 8.70. The molecule has 2 aromatic rings. The van der Waals surface area contributed by atoms with Gasteiger partial charge >= 0.3 is 0 Å². The minimum absolute atomic E-state index is 0.342. The first kappa shape index (κ1) is 9.79. The molecule has 2 N–H and O–H groups in total.